The monoisotopic (exact) mass is 462 g/mol. The fraction of sp³-hybridized carbons (Fsp3) is 0.280. The van der Waals surface area contributed by atoms with Crippen LogP contribution in [0.3, 0.4) is 0 Å². The molecule has 2 aromatic carbocycles. The van der Waals surface area contributed by atoms with E-state index in [4.69, 9.17) is 9.47 Å². The highest BCUT2D eigenvalue weighted by Crippen LogP contribution is 2.33. The van der Waals surface area contributed by atoms with Gasteiger partial charge in [-0.3, -0.25) is 19.9 Å². The van der Waals surface area contributed by atoms with E-state index >= 15 is 0 Å². The smallest absolute Gasteiger partial charge is 0.292 e. The Morgan fingerprint density at radius 2 is 1.85 bits per heavy atom. The van der Waals surface area contributed by atoms with Gasteiger partial charge in [0.2, 0.25) is 5.91 Å². The number of carbonyl (C=O) groups is 1. The Hall–Kier alpha value is -4.14. The first-order chi connectivity index (χ1) is 16.5. The number of carbonyl (C=O) groups excluding carboxylic acids is 1. The van der Waals surface area contributed by atoms with Crippen LogP contribution in [-0.4, -0.2) is 36.0 Å². The summed E-state index contributed by atoms with van der Waals surface area (Å²) in [5, 5.41) is 14.3. The molecule has 9 heteroatoms. The van der Waals surface area contributed by atoms with Gasteiger partial charge in [0.15, 0.2) is 11.5 Å². The minimum atomic E-state index is -0.369. The second kappa shape index (κ2) is 10.7. The van der Waals surface area contributed by atoms with Crippen LogP contribution in [0.25, 0.3) is 0 Å². The van der Waals surface area contributed by atoms with Crippen molar-refractivity contribution in [2.24, 2.45) is 5.92 Å². The molecule has 1 aliphatic rings. The zero-order chi connectivity index (χ0) is 23.9. The van der Waals surface area contributed by atoms with Crippen molar-refractivity contribution in [3.05, 3.63) is 82.7 Å². The Balaban J connectivity index is 1.37. The molecule has 1 aliphatic heterocycles. The lowest BCUT2D eigenvalue weighted by atomic mass is 9.95. The summed E-state index contributed by atoms with van der Waals surface area (Å²) in [6.07, 6.45) is 4.63. The summed E-state index contributed by atoms with van der Waals surface area (Å²) in [4.78, 5) is 29.8. The Morgan fingerprint density at radius 3 is 2.56 bits per heavy atom. The van der Waals surface area contributed by atoms with Crippen molar-refractivity contribution in [3.63, 3.8) is 0 Å². The largest absolute Gasteiger partial charge is 0.493 e. The van der Waals surface area contributed by atoms with E-state index < -0.39 is 0 Å². The van der Waals surface area contributed by atoms with Crippen molar-refractivity contribution in [1.29, 1.82) is 0 Å². The minimum Gasteiger partial charge on any atom is -0.493 e. The number of nitro benzene ring substituents is 1. The molecule has 0 atom stereocenters. The third-order valence-corrected chi connectivity index (χ3v) is 5.86. The van der Waals surface area contributed by atoms with Gasteiger partial charge in [0.25, 0.3) is 5.69 Å². The van der Waals surface area contributed by atoms with E-state index in [0.717, 1.165) is 5.56 Å². The number of benzene rings is 2. The van der Waals surface area contributed by atoms with Gasteiger partial charge in [-0.25, -0.2) is 0 Å². The number of amides is 1. The maximum absolute atomic E-state index is 12.9. The fourth-order valence-corrected chi connectivity index (χ4v) is 4.02. The molecule has 0 saturated carbocycles. The second-order valence-corrected chi connectivity index (χ2v) is 8.01. The van der Waals surface area contributed by atoms with E-state index in [0.29, 0.717) is 55.4 Å². The number of nitrogens with one attached hydrogen (secondary N) is 1. The maximum Gasteiger partial charge on any atom is 0.292 e. The first-order valence-electron chi connectivity index (χ1n) is 11.0. The molecule has 0 aliphatic carbocycles. The highest BCUT2D eigenvalue weighted by atomic mass is 16.6. The number of rotatable bonds is 8. The number of nitrogens with zero attached hydrogens (tertiary/aromatic N) is 3. The third kappa shape index (κ3) is 5.43. The predicted molar refractivity (Wildman–Crippen MR) is 128 cm³/mol. The molecule has 0 spiro atoms. The van der Waals surface area contributed by atoms with Crippen molar-refractivity contribution in [2.75, 3.05) is 30.4 Å². The number of aromatic nitrogens is 1. The van der Waals surface area contributed by atoms with Crippen molar-refractivity contribution >= 4 is 23.0 Å². The molecule has 1 amide bonds. The molecule has 0 unspecified atom stereocenters. The summed E-state index contributed by atoms with van der Waals surface area (Å²) < 4.78 is 11.3. The quantitative estimate of drug-likeness (QED) is 0.390. The lowest BCUT2D eigenvalue weighted by Gasteiger charge is -2.32. The van der Waals surface area contributed by atoms with E-state index in [-0.39, 0.29) is 22.4 Å². The molecule has 3 aromatic rings. The number of piperidine rings is 1. The van der Waals surface area contributed by atoms with Crippen molar-refractivity contribution < 1.29 is 19.2 Å². The zero-order valence-electron chi connectivity index (χ0n) is 18.8. The van der Waals surface area contributed by atoms with Crippen LogP contribution in [0.1, 0.15) is 18.4 Å². The predicted octanol–water partition coefficient (Wildman–Crippen LogP) is 4.43. The molecule has 176 valence electrons. The summed E-state index contributed by atoms with van der Waals surface area (Å²) in [7, 11) is 1.57. The summed E-state index contributed by atoms with van der Waals surface area (Å²) >= 11 is 0. The number of hydrogen-bond acceptors (Lipinski definition) is 7. The van der Waals surface area contributed by atoms with Gasteiger partial charge in [0.1, 0.15) is 12.3 Å². The molecule has 0 radical (unpaired) electrons. The lowest BCUT2D eigenvalue weighted by Crippen LogP contribution is -2.38. The fourth-order valence-electron chi connectivity index (χ4n) is 4.02. The van der Waals surface area contributed by atoms with Crippen molar-refractivity contribution in [1.82, 2.24) is 4.98 Å². The van der Waals surface area contributed by atoms with E-state index in [1.807, 2.05) is 17.0 Å². The molecule has 34 heavy (non-hydrogen) atoms. The van der Waals surface area contributed by atoms with Gasteiger partial charge in [0, 0.05) is 49.2 Å². The molecular weight excluding hydrogens is 436 g/mol. The van der Waals surface area contributed by atoms with Gasteiger partial charge < -0.3 is 19.7 Å². The number of para-hydroxylation sites is 2. The lowest BCUT2D eigenvalue weighted by molar-refractivity contribution is -0.384. The van der Waals surface area contributed by atoms with E-state index in [2.05, 4.69) is 10.3 Å². The summed E-state index contributed by atoms with van der Waals surface area (Å²) in [5.74, 6) is 0.850. The SMILES string of the molecule is COc1ccc(NC(=O)C2CCN(c3ccccc3[N+](=O)[O-])CC2)cc1OCc1ccncc1. The molecule has 2 heterocycles. The zero-order valence-corrected chi connectivity index (χ0v) is 18.8. The van der Waals surface area contributed by atoms with Crippen LogP contribution >= 0.6 is 0 Å². The van der Waals surface area contributed by atoms with Crippen LogP contribution in [0.15, 0.2) is 67.0 Å². The Kier molecular flexibility index (Phi) is 7.22. The Bertz CT molecular complexity index is 1150. The Morgan fingerprint density at radius 1 is 1.12 bits per heavy atom. The highest BCUT2D eigenvalue weighted by Gasteiger charge is 2.28. The van der Waals surface area contributed by atoms with Gasteiger partial charge in [-0.05, 0) is 48.7 Å². The van der Waals surface area contributed by atoms with Crippen LogP contribution < -0.4 is 19.7 Å². The maximum atomic E-state index is 12.9. The van der Waals surface area contributed by atoms with Crippen LogP contribution in [0.4, 0.5) is 17.1 Å². The first-order valence-corrected chi connectivity index (χ1v) is 11.0. The van der Waals surface area contributed by atoms with Crippen LogP contribution in [0.2, 0.25) is 0 Å². The molecule has 1 fully saturated rings. The number of pyridine rings is 1. The van der Waals surface area contributed by atoms with Crippen molar-refractivity contribution in [2.45, 2.75) is 19.4 Å². The van der Waals surface area contributed by atoms with Crippen LogP contribution in [0.5, 0.6) is 11.5 Å². The molecule has 0 bridgehead atoms. The van der Waals surface area contributed by atoms with Gasteiger partial charge >= 0.3 is 0 Å². The van der Waals surface area contributed by atoms with Gasteiger partial charge in [-0.2, -0.15) is 0 Å². The van der Waals surface area contributed by atoms with E-state index in [1.54, 1.807) is 55.9 Å². The second-order valence-electron chi connectivity index (χ2n) is 8.01. The molecular formula is C25H26N4O5. The number of methoxy groups -OCH3 is 1. The number of ether oxygens (including phenoxy) is 2. The normalized spacial score (nSPS) is 13.9. The van der Waals surface area contributed by atoms with Crippen LogP contribution in [-0.2, 0) is 11.4 Å². The molecule has 1 saturated heterocycles. The highest BCUT2D eigenvalue weighted by molar-refractivity contribution is 5.93. The van der Waals surface area contributed by atoms with E-state index in [1.165, 1.54) is 6.07 Å². The average Bonchev–Trinajstić information content (AvgIpc) is 2.88. The van der Waals surface area contributed by atoms with E-state index in [9.17, 15) is 14.9 Å². The Labute approximate surface area is 197 Å². The number of anilines is 2. The molecule has 9 nitrogen and oxygen atoms in total. The van der Waals surface area contributed by atoms with Gasteiger partial charge in [0.05, 0.1) is 12.0 Å². The summed E-state index contributed by atoms with van der Waals surface area (Å²) in [6, 6.07) is 15.7. The van der Waals surface area contributed by atoms with Gasteiger partial charge in [-0.1, -0.05) is 12.1 Å². The number of hydrogen-bond donors (Lipinski definition) is 1. The average molecular weight is 463 g/mol. The summed E-state index contributed by atoms with van der Waals surface area (Å²) in [5.41, 5.74) is 2.27. The molecule has 1 aromatic heterocycles. The molecule has 1 N–H and O–H groups in total. The third-order valence-electron chi connectivity index (χ3n) is 5.86. The topological polar surface area (TPSA) is 107 Å². The van der Waals surface area contributed by atoms with Crippen molar-refractivity contribution in [3.8, 4) is 11.5 Å². The molecule has 4 rings (SSSR count). The minimum absolute atomic E-state index is 0.0764. The van der Waals surface area contributed by atoms with Gasteiger partial charge in [-0.15, -0.1) is 0 Å². The standard InChI is InChI=1S/C25H26N4O5/c1-33-23-7-6-20(16-24(23)34-17-18-8-12-26-13-9-18)27-25(30)19-10-14-28(15-11-19)21-4-2-3-5-22(21)29(31)32/h2-9,12-13,16,19H,10-11,14-15,17H2,1H3,(H,27,30). The summed E-state index contributed by atoms with van der Waals surface area (Å²) in [6.45, 7) is 1.50. The number of nitro groups is 1. The first kappa shape index (κ1) is 23.0. The van der Waals surface area contributed by atoms with Crippen LogP contribution in [0, 0.1) is 16.0 Å².